The second-order valence-electron chi connectivity index (χ2n) is 9.67. The molecule has 3 fully saturated rings. The molecular weight excluding hydrogens is 628 g/mol. The molecule has 7 atom stereocenters. The van der Waals surface area contributed by atoms with Gasteiger partial charge in [-0.05, 0) is 60.9 Å². The summed E-state index contributed by atoms with van der Waals surface area (Å²) in [5.74, 6) is -1.23. The molecule has 5 rings (SSSR count). The lowest BCUT2D eigenvalue weighted by molar-refractivity contribution is -0.147. The topological polar surface area (TPSA) is 66.5 Å². The maximum atomic E-state index is 13.7. The number of aryl methyl sites for hydroxylation is 2. The van der Waals surface area contributed by atoms with Gasteiger partial charge in [0.2, 0.25) is 17.7 Å². The fourth-order valence-electron chi connectivity index (χ4n) is 6.06. The van der Waals surface area contributed by atoms with Crippen molar-refractivity contribution in [2.45, 2.75) is 42.4 Å². The fraction of sp³-hybridized carbons (Fsp3) is 0.423. The largest absolute Gasteiger partial charge is 0.324 e. The first-order chi connectivity index (χ1) is 16.2. The summed E-state index contributed by atoms with van der Waals surface area (Å²) >= 11 is 11.0. The average Bonchev–Trinajstić information content (AvgIpc) is 3.41. The molecule has 0 aromatic heterocycles. The maximum Gasteiger partial charge on any atom is 0.248 e. The first-order valence-electron chi connectivity index (χ1n) is 11.5. The lowest BCUT2D eigenvalue weighted by Crippen LogP contribution is -2.49. The van der Waals surface area contributed by atoms with Crippen molar-refractivity contribution in [2.24, 2.45) is 23.7 Å². The molecule has 3 aliphatic rings. The Bertz CT molecular complexity index is 1120. The number of fused-ring (bicyclic) bond motifs is 5. The van der Waals surface area contributed by atoms with Crippen LogP contribution in [0.15, 0.2) is 46.9 Å². The van der Waals surface area contributed by atoms with Gasteiger partial charge >= 0.3 is 0 Å². The average molecular weight is 653 g/mol. The number of nitrogens with zero attached hydrogens (tertiary/aromatic N) is 1. The molecule has 0 unspecified atom stereocenters. The summed E-state index contributed by atoms with van der Waals surface area (Å²) in [4.78, 5) is 42.6. The molecule has 34 heavy (non-hydrogen) atoms. The summed E-state index contributed by atoms with van der Waals surface area (Å²) in [6.45, 7) is 3.93. The van der Waals surface area contributed by atoms with E-state index in [0.29, 0.717) is 5.69 Å². The Morgan fingerprint density at radius 2 is 1.53 bits per heavy atom. The Balaban J connectivity index is 1.48. The van der Waals surface area contributed by atoms with E-state index in [9.17, 15) is 14.4 Å². The number of carbonyl (C=O) groups is 3. The van der Waals surface area contributed by atoms with Crippen molar-refractivity contribution >= 4 is 71.2 Å². The van der Waals surface area contributed by atoms with Gasteiger partial charge in [0.15, 0.2) is 0 Å². The van der Waals surface area contributed by atoms with Crippen molar-refractivity contribution in [1.29, 1.82) is 0 Å². The standard InChI is InChI=1S/C26H25Br3N2O3/c1-12-8-15(9-13(2)21(12)27)30-24(32)18(10-14-6-4-3-5-7-14)31-25(33)19-16-11-17(20(19)26(31)34)23(29)22(16)28/h3-9,16-20,22-23H,10-11H2,1-2H3,(H,30,32)/t16-,17-,18+,19-,20+,22-,23+/m0/s1. The van der Waals surface area contributed by atoms with Crippen LogP contribution in [0.4, 0.5) is 5.69 Å². The summed E-state index contributed by atoms with van der Waals surface area (Å²) in [7, 11) is 0. The number of imide groups is 1. The Morgan fingerprint density at radius 1 is 1.00 bits per heavy atom. The van der Waals surface area contributed by atoms with Gasteiger partial charge in [0.1, 0.15) is 6.04 Å². The zero-order valence-electron chi connectivity index (χ0n) is 18.8. The number of hydrogen-bond donors (Lipinski definition) is 1. The van der Waals surface area contributed by atoms with E-state index in [0.717, 1.165) is 27.6 Å². The number of rotatable bonds is 5. The number of carbonyl (C=O) groups excluding carboxylic acids is 3. The number of alkyl halides is 2. The van der Waals surface area contributed by atoms with Gasteiger partial charge < -0.3 is 5.32 Å². The number of anilines is 1. The van der Waals surface area contributed by atoms with Crippen LogP contribution >= 0.6 is 47.8 Å². The Hall–Kier alpha value is -1.51. The van der Waals surface area contributed by atoms with Crippen LogP contribution in [0.5, 0.6) is 0 Å². The van der Waals surface area contributed by atoms with Gasteiger partial charge in [-0.15, -0.1) is 0 Å². The molecule has 3 amide bonds. The molecule has 0 radical (unpaired) electrons. The molecule has 2 bridgehead atoms. The molecule has 1 heterocycles. The van der Waals surface area contributed by atoms with Gasteiger partial charge in [-0.1, -0.05) is 78.1 Å². The van der Waals surface area contributed by atoms with Crippen molar-refractivity contribution in [3.8, 4) is 0 Å². The van der Waals surface area contributed by atoms with Gasteiger partial charge in [0, 0.05) is 26.2 Å². The van der Waals surface area contributed by atoms with E-state index in [2.05, 4.69) is 53.1 Å². The van der Waals surface area contributed by atoms with E-state index in [1.165, 1.54) is 4.90 Å². The van der Waals surface area contributed by atoms with Crippen molar-refractivity contribution < 1.29 is 14.4 Å². The highest BCUT2D eigenvalue weighted by molar-refractivity contribution is 9.12. The van der Waals surface area contributed by atoms with Crippen LogP contribution in [-0.2, 0) is 20.8 Å². The Kier molecular flexibility index (Phi) is 6.53. The van der Waals surface area contributed by atoms with Gasteiger partial charge in [0.05, 0.1) is 11.8 Å². The zero-order chi connectivity index (χ0) is 24.3. The number of benzene rings is 2. The molecule has 1 N–H and O–H groups in total. The van der Waals surface area contributed by atoms with Gasteiger partial charge in [-0.2, -0.15) is 0 Å². The lowest BCUT2D eigenvalue weighted by Gasteiger charge is -2.28. The molecule has 5 nitrogen and oxygen atoms in total. The summed E-state index contributed by atoms with van der Waals surface area (Å²) in [5.41, 5.74) is 3.56. The highest BCUT2D eigenvalue weighted by Crippen LogP contribution is 2.60. The van der Waals surface area contributed by atoms with Crippen LogP contribution < -0.4 is 5.32 Å². The third-order valence-electron chi connectivity index (χ3n) is 7.61. The highest BCUT2D eigenvalue weighted by atomic mass is 79.9. The quantitative estimate of drug-likeness (QED) is 0.348. The minimum atomic E-state index is -0.904. The summed E-state index contributed by atoms with van der Waals surface area (Å²) in [6, 6.07) is 12.4. The molecule has 0 spiro atoms. The Morgan fingerprint density at radius 3 is 2.06 bits per heavy atom. The van der Waals surface area contributed by atoms with E-state index < -0.39 is 6.04 Å². The number of likely N-dealkylation sites (tertiary alicyclic amines) is 1. The molecule has 2 aromatic carbocycles. The fourth-order valence-corrected chi connectivity index (χ4v) is 8.16. The molecule has 2 aliphatic carbocycles. The summed E-state index contributed by atoms with van der Waals surface area (Å²) in [6.07, 6.45) is 1.14. The molecule has 1 saturated heterocycles. The van der Waals surface area contributed by atoms with Gasteiger partial charge in [0.25, 0.3) is 0 Å². The number of nitrogens with one attached hydrogen (secondary N) is 1. The molecule has 1 aliphatic heterocycles. The maximum absolute atomic E-state index is 13.7. The van der Waals surface area contributed by atoms with Crippen molar-refractivity contribution in [1.82, 2.24) is 4.90 Å². The van der Waals surface area contributed by atoms with E-state index in [1.807, 2.05) is 56.3 Å². The van der Waals surface area contributed by atoms with Gasteiger partial charge in [-0.25, -0.2) is 0 Å². The second kappa shape index (κ2) is 9.17. The third kappa shape index (κ3) is 3.90. The van der Waals surface area contributed by atoms with E-state index in [-0.39, 0.29) is 57.5 Å². The van der Waals surface area contributed by atoms with Crippen LogP contribution in [-0.4, -0.2) is 38.3 Å². The molecule has 178 valence electrons. The second-order valence-corrected chi connectivity index (χ2v) is 12.6. The number of amides is 3. The van der Waals surface area contributed by atoms with E-state index in [1.54, 1.807) is 0 Å². The minimum absolute atomic E-state index is 0.109. The van der Waals surface area contributed by atoms with Crippen LogP contribution in [0.1, 0.15) is 23.1 Å². The SMILES string of the molecule is Cc1cc(NC(=O)[C@@H](Cc2ccccc2)N2C(=O)[C@@H]3[C@@H]4C[C@H]([C@H](Br)[C@@H]4Br)[C@@H]3C2=O)cc(C)c1Br. The zero-order valence-corrected chi connectivity index (χ0v) is 23.6. The first kappa shape index (κ1) is 24.2. The normalized spacial score (nSPS) is 30.6. The van der Waals surface area contributed by atoms with E-state index in [4.69, 9.17) is 0 Å². The predicted molar refractivity (Wildman–Crippen MR) is 142 cm³/mol. The summed E-state index contributed by atoms with van der Waals surface area (Å²) < 4.78 is 0.994. The predicted octanol–water partition coefficient (Wildman–Crippen LogP) is 5.39. The minimum Gasteiger partial charge on any atom is -0.324 e. The van der Waals surface area contributed by atoms with Crippen molar-refractivity contribution in [3.63, 3.8) is 0 Å². The molecule has 2 saturated carbocycles. The molecule has 8 heteroatoms. The molecule has 2 aromatic rings. The van der Waals surface area contributed by atoms with E-state index >= 15 is 0 Å². The molecular formula is C26H25Br3N2O3. The van der Waals surface area contributed by atoms with Crippen molar-refractivity contribution in [2.75, 3.05) is 5.32 Å². The van der Waals surface area contributed by atoms with Crippen LogP contribution in [0.2, 0.25) is 0 Å². The first-order valence-corrected chi connectivity index (χ1v) is 14.1. The third-order valence-corrected chi connectivity index (χ3v) is 12.1. The highest BCUT2D eigenvalue weighted by Gasteiger charge is 2.67. The lowest BCUT2D eigenvalue weighted by atomic mass is 9.81. The smallest absolute Gasteiger partial charge is 0.248 e. The summed E-state index contributed by atoms with van der Waals surface area (Å²) in [5, 5.41) is 2.99. The van der Waals surface area contributed by atoms with Crippen LogP contribution in [0.3, 0.4) is 0 Å². The van der Waals surface area contributed by atoms with Crippen LogP contribution in [0, 0.1) is 37.5 Å². The van der Waals surface area contributed by atoms with Gasteiger partial charge in [-0.3, -0.25) is 19.3 Å². The number of hydrogen-bond acceptors (Lipinski definition) is 3. The Labute approximate surface area is 224 Å². The monoisotopic (exact) mass is 650 g/mol. The number of halogens is 3. The van der Waals surface area contributed by atoms with Crippen molar-refractivity contribution in [3.05, 3.63) is 63.6 Å². The van der Waals surface area contributed by atoms with Crippen LogP contribution in [0.25, 0.3) is 0 Å².